The van der Waals surface area contributed by atoms with Crippen molar-refractivity contribution in [3.8, 4) is 0 Å². The van der Waals surface area contributed by atoms with Gasteiger partial charge in [0.1, 0.15) is 5.82 Å². The number of carbonyl (C=O) groups is 1. The number of benzene rings is 1. The highest BCUT2D eigenvalue weighted by molar-refractivity contribution is 5.93. The highest BCUT2D eigenvalue weighted by Crippen LogP contribution is 2.19. The van der Waals surface area contributed by atoms with E-state index in [9.17, 15) is 9.18 Å². The average Bonchev–Trinajstić information content (AvgIpc) is 2.51. The lowest BCUT2D eigenvalue weighted by Crippen LogP contribution is -2.35. The number of anilines is 1. The molecule has 1 aliphatic heterocycles. The minimum Gasteiger partial charge on any atom is -0.378 e. The largest absolute Gasteiger partial charge is 0.378 e. The van der Waals surface area contributed by atoms with Gasteiger partial charge in [-0.25, -0.2) is 4.39 Å². The van der Waals surface area contributed by atoms with Crippen LogP contribution in [0.3, 0.4) is 0 Å². The molecule has 1 aliphatic rings. The topological polar surface area (TPSA) is 41.6 Å². The third-order valence-electron chi connectivity index (χ3n) is 3.72. The van der Waals surface area contributed by atoms with Crippen LogP contribution in [0.4, 0.5) is 10.1 Å². The van der Waals surface area contributed by atoms with E-state index in [-0.39, 0.29) is 24.2 Å². The molecule has 5 heteroatoms. The minimum absolute atomic E-state index is 0.100. The summed E-state index contributed by atoms with van der Waals surface area (Å²) in [6.07, 6.45) is 2.49. The van der Waals surface area contributed by atoms with Gasteiger partial charge in [-0.2, -0.15) is 0 Å². The van der Waals surface area contributed by atoms with Crippen molar-refractivity contribution in [2.75, 3.05) is 31.1 Å². The summed E-state index contributed by atoms with van der Waals surface area (Å²) in [5, 5.41) is 3.27. The number of rotatable bonds is 6. The zero-order valence-corrected chi connectivity index (χ0v) is 12.5. The molecule has 0 unspecified atom stereocenters. The molecule has 21 heavy (non-hydrogen) atoms. The maximum atomic E-state index is 13.8. The quantitative estimate of drug-likeness (QED) is 0.875. The summed E-state index contributed by atoms with van der Waals surface area (Å²) in [5.74, 6) is -0.469. The van der Waals surface area contributed by atoms with E-state index in [4.69, 9.17) is 4.74 Å². The first-order valence-electron chi connectivity index (χ1n) is 7.59. The Balaban J connectivity index is 1.84. The van der Waals surface area contributed by atoms with Crippen molar-refractivity contribution in [3.05, 3.63) is 30.1 Å². The predicted molar refractivity (Wildman–Crippen MR) is 80.9 cm³/mol. The Morgan fingerprint density at radius 3 is 2.76 bits per heavy atom. The summed E-state index contributed by atoms with van der Waals surface area (Å²) < 4.78 is 19.5. The second-order valence-electron chi connectivity index (χ2n) is 5.16. The normalized spacial score (nSPS) is 15.9. The molecule has 2 rings (SSSR count). The van der Waals surface area contributed by atoms with Crippen LogP contribution in [0.5, 0.6) is 0 Å². The molecular weight excluding hydrogens is 271 g/mol. The van der Waals surface area contributed by atoms with Crippen LogP contribution in [-0.2, 0) is 9.53 Å². The van der Waals surface area contributed by atoms with E-state index in [0.717, 1.165) is 25.9 Å². The molecule has 1 saturated heterocycles. The van der Waals surface area contributed by atoms with Crippen LogP contribution in [0, 0.1) is 5.82 Å². The van der Waals surface area contributed by atoms with E-state index in [1.165, 1.54) is 11.0 Å². The van der Waals surface area contributed by atoms with Crippen LogP contribution >= 0.6 is 0 Å². The Labute approximate surface area is 125 Å². The number of halogens is 1. The summed E-state index contributed by atoms with van der Waals surface area (Å²) >= 11 is 0. The van der Waals surface area contributed by atoms with Gasteiger partial charge in [0.25, 0.3) is 0 Å². The molecule has 1 aromatic rings. The van der Waals surface area contributed by atoms with Gasteiger partial charge in [0, 0.05) is 6.54 Å². The van der Waals surface area contributed by atoms with E-state index < -0.39 is 0 Å². The van der Waals surface area contributed by atoms with Gasteiger partial charge in [-0.3, -0.25) is 4.79 Å². The van der Waals surface area contributed by atoms with Crippen LogP contribution in [-0.4, -0.2) is 38.3 Å². The molecule has 0 bridgehead atoms. The number of hydrogen-bond acceptors (Lipinski definition) is 3. The van der Waals surface area contributed by atoms with Gasteiger partial charge < -0.3 is 15.0 Å². The zero-order chi connectivity index (χ0) is 15.1. The summed E-state index contributed by atoms with van der Waals surface area (Å²) in [6.45, 7) is 4.63. The van der Waals surface area contributed by atoms with Crippen LogP contribution in [0.2, 0.25) is 0 Å². The zero-order valence-electron chi connectivity index (χ0n) is 12.5. The van der Waals surface area contributed by atoms with E-state index in [1.54, 1.807) is 18.2 Å². The molecular formula is C16H23FN2O2. The Morgan fingerprint density at radius 2 is 2.10 bits per heavy atom. The Morgan fingerprint density at radius 1 is 1.38 bits per heavy atom. The maximum absolute atomic E-state index is 13.8. The number of ether oxygens (including phenoxy) is 1. The first-order valence-corrected chi connectivity index (χ1v) is 7.59. The molecule has 0 aromatic heterocycles. The molecule has 1 fully saturated rings. The van der Waals surface area contributed by atoms with Gasteiger partial charge in [0.15, 0.2) is 0 Å². The molecule has 1 amide bonds. The molecule has 0 aliphatic carbocycles. The Bertz CT molecular complexity index is 461. The van der Waals surface area contributed by atoms with E-state index >= 15 is 0 Å². The highest BCUT2D eigenvalue weighted by atomic mass is 19.1. The fourth-order valence-corrected chi connectivity index (χ4v) is 2.56. The molecule has 0 atom stereocenters. The van der Waals surface area contributed by atoms with Gasteiger partial charge in [0.05, 0.1) is 24.8 Å². The first kappa shape index (κ1) is 15.9. The molecule has 1 aromatic carbocycles. The maximum Gasteiger partial charge on any atom is 0.229 e. The smallest absolute Gasteiger partial charge is 0.229 e. The average molecular weight is 294 g/mol. The fraction of sp³-hybridized carbons (Fsp3) is 0.562. The second-order valence-corrected chi connectivity index (χ2v) is 5.16. The number of piperidine rings is 1. The SMILES string of the molecule is CCN(C(=O)CCOC1CCNCC1)c1ccccc1F. The summed E-state index contributed by atoms with van der Waals surface area (Å²) in [5.41, 5.74) is 0.340. The predicted octanol–water partition coefficient (Wildman–Crippen LogP) is 2.34. The van der Waals surface area contributed by atoms with Crippen molar-refractivity contribution in [2.45, 2.75) is 32.3 Å². The number of nitrogens with one attached hydrogen (secondary N) is 1. The van der Waals surface area contributed by atoms with Crippen molar-refractivity contribution in [1.82, 2.24) is 5.32 Å². The fourth-order valence-electron chi connectivity index (χ4n) is 2.56. The van der Waals surface area contributed by atoms with Crippen molar-refractivity contribution in [1.29, 1.82) is 0 Å². The lowest BCUT2D eigenvalue weighted by molar-refractivity contribution is -0.120. The molecule has 1 heterocycles. The Hall–Kier alpha value is -1.46. The second kappa shape index (κ2) is 8.10. The van der Waals surface area contributed by atoms with Gasteiger partial charge in [-0.05, 0) is 45.0 Å². The van der Waals surface area contributed by atoms with Crippen LogP contribution < -0.4 is 10.2 Å². The first-order chi connectivity index (χ1) is 10.2. The Kier molecular flexibility index (Phi) is 6.14. The third-order valence-corrected chi connectivity index (χ3v) is 3.72. The van der Waals surface area contributed by atoms with Crippen molar-refractivity contribution in [2.24, 2.45) is 0 Å². The summed E-state index contributed by atoms with van der Waals surface area (Å²) in [4.78, 5) is 13.7. The molecule has 0 saturated carbocycles. The van der Waals surface area contributed by atoms with Crippen LogP contribution in [0.1, 0.15) is 26.2 Å². The van der Waals surface area contributed by atoms with Crippen molar-refractivity contribution >= 4 is 11.6 Å². The standard InChI is InChI=1S/C16H23FN2O2/c1-2-19(15-6-4-3-5-14(15)17)16(20)9-12-21-13-7-10-18-11-8-13/h3-6,13,18H,2,7-12H2,1H3. The third kappa shape index (κ3) is 4.51. The molecule has 4 nitrogen and oxygen atoms in total. The number of nitrogens with zero attached hydrogens (tertiary/aromatic N) is 1. The minimum atomic E-state index is -0.369. The van der Waals surface area contributed by atoms with E-state index in [2.05, 4.69) is 5.32 Å². The summed E-state index contributed by atoms with van der Waals surface area (Å²) in [6, 6.07) is 6.36. The lowest BCUT2D eigenvalue weighted by atomic mass is 10.1. The van der Waals surface area contributed by atoms with Crippen LogP contribution in [0.25, 0.3) is 0 Å². The van der Waals surface area contributed by atoms with Gasteiger partial charge in [-0.15, -0.1) is 0 Å². The van der Waals surface area contributed by atoms with Crippen LogP contribution in [0.15, 0.2) is 24.3 Å². The number of carbonyl (C=O) groups excluding carboxylic acids is 1. The highest BCUT2D eigenvalue weighted by Gasteiger charge is 2.18. The molecule has 1 N–H and O–H groups in total. The number of para-hydroxylation sites is 1. The van der Waals surface area contributed by atoms with Crippen molar-refractivity contribution < 1.29 is 13.9 Å². The van der Waals surface area contributed by atoms with Gasteiger partial charge in [0.2, 0.25) is 5.91 Å². The van der Waals surface area contributed by atoms with Gasteiger partial charge >= 0.3 is 0 Å². The number of hydrogen-bond donors (Lipinski definition) is 1. The monoisotopic (exact) mass is 294 g/mol. The van der Waals surface area contributed by atoms with E-state index in [0.29, 0.717) is 18.8 Å². The summed E-state index contributed by atoms with van der Waals surface area (Å²) in [7, 11) is 0. The number of amides is 1. The molecule has 0 radical (unpaired) electrons. The lowest BCUT2D eigenvalue weighted by Gasteiger charge is -2.24. The van der Waals surface area contributed by atoms with Crippen molar-refractivity contribution in [3.63, 3.8) is 0 Å². The van der Waals surface area contributed by atoms with Gasteiger partial charge in [-0.1, -0.05) is 12.1 Å². The molecule has 0 spiro atoms. The van der Waals surface area contributed by atoms with E-state index in [1.807, 2.05) is 6.92 Å². The molecule has 116 valence electrons.